The number of rotatable bonds is 2. The second-order valence-corrected chi connectivity index (χ2v) is 5.72. The van der Waals surface area contributed by atoms with Crippen molar-refractivity contribution in [3.05, 3.63) is 46.8 Å². The SMILES string of the molecule is C[Si](C1=CCC=C1)C1=CC=CC1. The first-order valence-electron chi connectivity index (χ1n) is 4.44. The summed E-state index contributed by atoms with van der Waals surface area (Å²) in [6.07, 6.45) is 16.0. The Labute approximate surface area is 75.6 Å². The summed E-state index contributed by atoms with van der Waals surface area (Å²) in [6, 6.07) is 0. The van der Waals surface area contributed by atoms with Crippen LogP contribution in [-0.4, -0.2) is 8.80 Å². The quantitative estimate of drug-likeness (QED) is 0.563. The lowest BCUT2D eigenvalue weighted by Gasteiger charge is -2.09. The van der Waals surface area contributed by atoms with Crippen molar-refractivity contribution in [2.75, 3.05) is 0 Å². The molecule has 0 bridgehead atoms. The molecule has 0 fully saturated rings. The normalized spacial score (nSPS) is 20.5. The van der Waals surface area contributed by atoms with Gasteiger partial charge in [-0.2, -0.15) is 0 Å². The van der Waals surface area contributed by atoms with Gasteiger partial charge in [0.25, 0.3) is 0 Å². The molecule has 61 valence electrons. The lowest BCUT2D eigenvalue weighted by Crippen LogP contribution is -2.12. The maximum atomic E-state index is 2.39. The minimum atomic E-state index is -0.372. The topological polar surface area (TPSA) is 0 Å². The molecule has 0 nitrogen and oxygen atoms in total. The first-order chi connectivity index (χ1) is 5.88. The minimum Gasteiger partial charge on any atom is -0.0813 e. The summed E-state index contributed by atoms with van der Waals surface area (Å²) in [5.41, 5.74) is 0. The molecule has 0 saturated heterocycles. The second kappa shape index (κ2) is 3.28. The van der Waals surface area contributed by atoms with E-state index in [1.165, 1.54) is 6.42 Å². The minimum absolute atomic E-state index is 0.372. The van der Waals surface area contributed by atoms with Crippen LogP contribution in [0.15, 0.2) is 46.8 Å². The second-order valence-electron chi connectivity index (χ2n) is 3.25. The Bertz CT molecular complexity index is 292. The molecule has 0 N–H and O–H groups in total. The zero-order valence-corrected chi connectivity index (χ0v) is 8.38. The average Bonchev–Trinajstić information content (AvgIpc) is 2.77. The van der Waals surface area contributed by atoms with E-state index < -0.39 is 0 Å². The van der Waals surface area contributed by atoms with Gasteiger partial charge in [0.05, 0.1) is 0 Å². The predicted molar refractivity (Wildman–Crippen MR) is 55.3 cm³/mol. The molecule has 0 atom stereocenters. The number of hydrogen-bond donors (Lipinski definition) is 0. The van der Waals surface area contributed by atoms with Crippen molar-refractivity contribution in [3.8, 4) is 0 Å². The van der Waals surface area contributed by atoms with Crippen LogP contribution in [0.25, 0.3) is 0 Å². The molecule has 0 amide bonds. The molecule has 0 saturated carbocycles. The van der Waals surface area contributed by atoms with Crippen LogP contribution in [0.1, 0.15) is 12.8 Å². The van der Waals surface area contributed by atoms with Crippen molar-refractivity contribution >= 4 is 8.80 Å². The van der Waals surface area contributed by atoms with Crippen molar-refractivity contribution < 1.29 is 0 Å². The van der Waals surface area contributed by atoms with E-state index in [1.54, 1.807) is 10.4 Å². The van der Waals surface area contributed by atoms with Gasteiger partial charge in [-0.1, -0.05) is 53.4 Å². The molecule has 0 spiro atoms. The third-order valence-electron chi connectivity index (χ3n) is 2.46. The predicted octanol–water partition coefficient (Wildman–Crippen LogP) is 2.96. The van der Waals surface area contributed by atoms with Crippen LogP contribution < -0.4 is 0 Å². The molecule has 12 heavy (non-hydrogen) atoms. The van der Waals surface area contributed by atoms with Gasteiger partial charge < -0.3 is 0 Å². The third kappa shape index (κ3) is 1.37. The highest BCUT2D eigenvalue weighted by Crippen LogP contribution is 2.22. The Morgan fingerprint density at radius 1 is 1.33 bits per heavy atom. The van der Waals surface area contributed by atoms with Crippen molar-refractivity contribution in [1.82, 2.24) is 0 Å². The molecular formula is C11H13Si. The van der Waals surface area contributed by atoms with Crippen LogP contribution in [0.4, 0.5) is 0 Å². The first kappa shape index (κ1) is 7.81. The maximum Gasteiger partial charge on any atom is 0.112 e. The molecule has 2 aliphatic carbocycles. The zero-order chi connectivity index (χ0) is 8.39. The fraction of sp³-hybridized carbons (Fsp3) is 0.273. The summed E-state index contributed by atoms with van der Waals surface area (Å²) in [5, 5.41) is 3.24. The Balaban J connectivity index is 2.09. The Morgan fingerprint density at radius 2 is 2.25 bits per heavy atom. The van der Waals surface area contributed by atoms with Gasteiger partial charge in [0.2, 0.25) is 0 Å². The number of hydrogen-bond acceptors (Lipinski definition) is 0. The van der Waals surface area contributed by atoms with Gasteiger partial charge in [-0.05, 0) is 12.8 Å². The molecule has 0 aromatic carbocycles. The van der Waals surface area contributed by atoms with E-state index in [9.17, 15) is 0 Å². The van der Waals surface area contributed by atoms with E-state index in [1.807, 2.05) is 0 Å². The monoisotopic (exact) mass is 173 g/mol. The first-order valence-corrected chi connectivity index (χ1v) is 6.44. The lowest BCUT2D eigenvalue weighted by atomic mass is 10.5. The summed E-state index contributed by atoms with van der Waals surface area (Å²) < 4.78 is 0. The molecule has 0 heterocycles. The average molecular weight is 173 g/mol. The van der Waals surface area contributed by atoms with Crippen LogP contribution in [0, 0.1) is 0 Å². The zero-order valence-electron chi connectivity index (χ0n) is 7.38. The van der Waals surface area contributed by atoms with Crippen molar-refractivity contribution in [1.29, 1.82) is 0 Å². The van der Waals surface area contributed by atoms with E-state index >= 15 is 0 Å². The van der Waals surface area contributed by atoms with Crippen LogP contribution >= 0.6 is 0 Å². The van der Waals surface area contributed by atoms with Crippen molar-refractivity contribution in [3.63, 3.8) is 0 Å². The van der Waals surface area contributed by atoms with E-state index in [-0.39, 0.29) is 8.80 Å². The smallest absolute Gasteiger partial charge is 0.0813 e. The molecule has 2 aliphatic rings. The summed E-state index contributed by atoms with van der Waals surface area (Å²) >= 11 is 0. The highest BCUT2D eigenvalue weighted by Gasteiger charge is 2.15. The maximum absolute atomic E-state index is 2.39. The Morgan fingerprint density at radius 3 is 2.83 bits per heavy atom. The van der Waals surface area contributed by atoms with E-state index in [4.69, 9.17) is 0 Å². The van der Waals surface area contributed by atoms with Crippen molar-refractivity contribution in [2.24, 2.45) is 0 Å². The standard InChI is InChI=1S/C11H13Si/c1-12(10-6-2-3-7-10)11-8-4-5-9-11/h2-4,6,8-9H,5,7H2,1H3. The summed E-state index contributed by atoms with van der Waals surface area (Å²) in [7, 11) is -0.372. The van der Waals surface area contributed by atoms with Crippen LogP contribution in [-0.2, 0) is 0 Å². The summed E-state index contributed by atoms with van der Waals surface area (Å²) in [6.45, 7) is 2.39. The molecular weight excluding hydrogens is 160 g/mol. The van der Waals surface area contributed by atoms with Gasteiger partial charge >= 0.3 is 0 Å². The molecule has 0 aliphatic heterocycles. The van der Waals surface area contributed by atoms with Gasteiger partial charge in [-0.3, -0.25) is 0 Å². The highest BCUT2D eigenvalue weighted by atomic mass is 28.3. The van der Waals surface area contributed by atoms with E-state index in [2.05, 4.69) is 43.0 Å². The molecule has 2 rings (SSSR count). The largest absolute Gasteiger partial charge is 0.112 e. The Kier molecular flexibility index (Phi) is 2.13. The molecule has 0 aromatic heterocycles. The van der Waals surface area contributed by atoms with Crippen LogP contribution in [0.2, 0.25) is 6.55 Å². The number of allylic oxidation sites excluding steroid dienone is 8. The van der Waals surface area contributed by atoms with Gasteiger partial charge in [0, 0.05) is 0 Å². The van der Waals surface area contributed by atoms with Gasteiger partial charge in [-0.25, -0.2) is 0 Å². The van der Waals surface area contributed by atoms with Gasteiger partial charge in [0.1, 0.15) is 8.80 Å². The van der Waals surface area contributed by atoms with E-state index in [0.717, 1.165) is 6.42 Å². The van der Waals surface area contributed by atoms with Crippen LogP contribution in [0.5, 0.6) is 0 Å². The van der Waals surface area contributed by atoms with Gasteiger partial charge in [0.15, 0.2) is 0 Å². The molecule has 1 heteroatoms. The fourth-order valence-electron chi connectivity index (χ4n) is 1.65. The Hall–Kier alpha value is -0.823. The third-order valence-corrected chi connectivity index (χ3v) is 5.03. The van der Waals surface area contributed by atoms with Crippen LogP contribution in [0.3, 0.4) is 0 Å². The van der Waals surface area contributed by atoms with Gasteiger partial charge in [-0.15, -0.1) is 0 Å². The summed E-state index contributed by atoms with van der Waals surface area (Å²) in [4.78, 5) is 0. The van der Waals surface area contributed by atoms with Crippen molar-refractivity contribution in [2.45, 2.75) is 19.4 Å². The fourth-order valence-corrected chi connectivity index (χ4v) is 3.58. The molecule has 1 radical (unpaired) electrons. The highest BCUT2D eigenvalue weighted by molar-refractivity contribution is 6.73. The molecule has 0 aromatic rings. The van der Waals surface area contributed by atoms with E-state index in [0.29, 0.717) is 0 Å². The summed E-state index contributed by atoms with van der Waals surface area (Å²) in [5.74, 6) is 0. The lowest BCUT2D eigenvalue weighted by molar-refractivity contribution is 1.38. The molecule has 0 unspecified atom stereocenters.